The maximum absolute atomic E-state index is 12.8. The highest BCUT2D eigenvalue weighted by atomic mass is 19.1. The van der Waals surface area contributed by atoms with Crippen molar-refractivity contribution >= 4 is 5.91 Å². The van der Waals surface area contributed by atoms with E-state index in [0.29, 0.717) is 18.0 Å². The molecule has 0 saturated carbocycles. The maximum atomic E-state index is 12.8. The van der Waals surface area contributed by atoms with Gasteiger partial charge >= 0.3 is 0 Å². The molecule has 22 heavy (non-hydrogen) atoms. The van der Waals surface area contributed by atoms with Crippen LogP contribution in [-0.2, 0) is 11.3 Å². The summed E-state index contributed by atoms with van der Waals surface area (Å²) < 4.78 is 23.6. The molecule has 4 nitrogen and oxygen atoms in total. The van der Waals surface area contributed by atoms with Crippen molar-refractivity contribution in [3.63, 3.8) is 0 Å². The van der Waals surface area contributed by atoms with Crippen LogP contribution in [0.25, 0.3) is 0 Å². The van der Waals surface area contributed by atoms with Crippen LogP contribution in [0, 0.1) is 5.82 Å². The van der Waals surface area contributed by atoms with Gasteiger partial charge in [-0.2, -0.15) is 0 Å². The molecule has 116 valence electrons. The summed E-state index contributed by atoms with van der Waals surface area (Å²) >= 11 is 0. The zero-order valence-electron chi connectivity index (χ0n) is 12.5. The SMILES string of the molecule is COc1ccccc1OC(C)C(=O)NCc1ccc(F)cc1. The Bertz CT molecular complexity index is 628. The van der Waals surface area contributed by atoms with Gasteiger partial charge < -0.3 is 14.8 Å². The van der Waals surface area contributed by atoms with Crippen LogP contribution in [0.4, 0.5) is 4.39 Å². The van der Waals surface area contributed by atoms with Crippen molar-refractivity contribution in [1.29, 1.82) is 0 Å². The fourth-order valence-electron chi connectivity index (χ4n) is 1.90. The van der Waals surface area contributed by atoms with Gasteiger partial charge in [-0.05, 0) is 36.8 Å². The summed E-state index contributed by atoms with van der Waals surface area (Å²) in [5.74, 6) is 0.522. The molecule has 1 N–H and O–H groups in total. The number of para-hydroxylation sites is 2. The third-order valence-corrected chi connectivity index (χ3v) is 3.12. The van der Waals surface area contributed by atoms with Crippen LogP contribution < -0.4 is 14.8 Å². The first-order valence-corrected chi connectivity index (χ1v) is 6.92. The van der Waals surface area contributed by atoms with E-state index in [4.69, 9.17) is 9.47 Å². The molecule has 0 aliphatic carbocycles. The summed E-state index contributed by atoms with van der Waals surface area (Å²) in [7, 11) is 1.54. The average molecular weight is 303 g/mol. The summed E-state index contributed by atoms with van der Waals surface area (Å²) in [6.07, 6.45) is -0.670. The number of carbonyl (C=O) groups is 1. The van der Waals surface area contributed by atoms with Crippen molar-refractivity contribution in [2.24, 2.45) is 0 Å². The Morgan fingerprint density at radius 1 is 1.14 bits per heavy atom. The van der Waals surface area contributed by atoms with Crippen LogP contribution in [0.2, 0.25) is 0 Å². The molecular weight excluding hydrogens is 285 g/mol. The van der Waals surface area contributed by atoms with Crippen molar-refractivity contribution in [1.82, 2.24) is 5.32 Å². The number of hydrogen-bond donors (Lipinski definition) is 1. The molecule has 1 amide bonds. The molecule has 0 heterocycles. The second kappa shape index (κ2) is 7.45. The van der Waals surface area contributed by atoms with Crippen molar-refractivity contribution in [2.45, 2.75) is 19.6 Å². The molecule has 0 radical (unpaired) electrons. The molecule has 0 aromatic heterocycles. The summed E-state index contributed by atoms with van der Waals surface area (Å²) in [4.78, 5) is 12.0. The molecule has 2 aromatic rings. The van der Waals surface area contributed by atoms with Crippen LogP contribution in [0.1, 0.15) is 12.5 Å². The lowest BCUT2D eigenvalue weighted by Crippen LogP contribution is -2.35. The Hall–Kier alpha value is -2.56. The van der Waals surface area contributed by atoms with Gasteiger partial charge in [0.25, 0.3) is 5.91 Å². The van der Waals surface area contributed by atoms with E-state index in [1.165, 1.54) is 12.1 Å². The molecule has 0 fully saturated rings. The molecule has 0 saturated heterocycles. The highest BCUT2D eigenvalue weighted by molar-refractivity contribution is 5.80. The number of benzene rings is 2. The zero-order valence-corrected chi connectivity index (χ0v) is 12.5. The lowest BCUT2D eigenvalue weighted by atomic mass is 10.2. The quantitative estimate of drug-likeness (QED) is 0.892. The van der Waals surface area contributed by atoms with Crippen LogP contribution in [0.15, 0.2) is 48.5 Å². The minimum Gasteiger partial charge on any atom is -0.493 e. The normalized spacial score (nSPS) is 11.6. The van der Waals surface area contributed by atoms with Gasteiger partial charge in [-0.1, -0.05) is 24.3 Å². The van der Waals surface area contributed by atoms with Gasteiger partial charge in [0.05, 0.1) is 7.11 Å². The van der Waals surface area contributed by atoms with Crippen LogP contribution in [0.5, 0.6) is 11.5 Å². The second-order valence-electron chi connectivity index (χ2n) is 4.76. The maximum Gasteiger partial charge on any atom is 0.261 e. The lowest BCUT2D eigenvalue weighted by molar-refractivity contribution is -0.127. The Balaban J connectivity index is 1.90. The molecule has 0 spiro atoms. The molecule has 5 heteroatoms. The summed E-state index contributed by atoms with van der Waals surface area (Å²) in [6.45, 7) is 1.98. The van der Waals surface area contributed by atoms with Crippen LogP contribution in [-0.4, -0.2) is 19.1 Å². The average Bonchev–Trinajstić information content (AvgIpc) is 2.54. The van der Waals surface area contributed by atoms with Gasteiger partial charge in [0.15, 0.2) is 17.6 Å². The van der Waals surface area contributed by atoms with Crippen molar-refractivity contribution < 1.29 is 18.7 Å². The Morgan fingerprint density at radius 2 is 1.77 bits per heavy atom. The number of carbonyl (C=O) groups excluding carboxylic acids is 1. The number of rotatable bonds is 6. The minimum atomic E-state index is -0.670. The second-order valence-corrected chi connectivity index (χ2v) is 4.76. The van der Waals surface area contributed by atoms with E-state index in [9.17, 15) is 9.18 Å². The highest BCUT2D eigenvalue weighted by Crippen LogP contribution is 2.26. The van der Waals surface area contributed by atoms with Crippen molar-refractivity contribution in [2.75, 3.05) is 7.11 Å². The molecule has 2 rings (SSSR count). The smallest absolute Gasteiger partial charge is 0.261 e. The molecule has 0 bridgehead atoms. The summed E-state index contributed by atoms with van der Waals surface area (Å²) in [6, 6.07) is 13.1. The predicted molar refractivity (Wildman–Crippen MR) is 81.3 cm³/mol. The third kappa shape index (κ3) is 4.22. The highest BCUT2D eigenvalue weighted by Gasteiger charge is 2.16. The van der Waals surface area contributed by atoms with E-state index < -0.39 is 6.10 Å². The van der Waals surface area contributed by atoms with Crippen molar-refractivity contribution in [3.05, 3.63) is 59.9 Å². The lowest BCUT2D eigenvalue weighted by Gasteiger charge is -2.16. The van der Waals surface area contributed by atoms with Crippen LogP contribution >= 0.6 is 0 Å². The molecular formula is C17H18FNO3. The van der Waals surface area contributed by atoms with E-state index in [1.807, 2.05) is 6.07 Å². The first-order chi connectivity index (χ1) is 10.6. The fraction of sp³-hybridized carbons (Fsp3) is 0.235. The van der Waals surface area contributed by atoms with Gasteiger partial charge in [-0.25, -0.2) is 4.39 Å². The van der Waals surface area contributed by atoms with E-state index >= 15 is 0 Å². The van der Waals surface area contributed by atoms with Crippen LogP contribution in [0.3, 0.4) is 0 Å². The molecule has 0 aliphatic heterocycles. The Labute approximate surface area is 128 Å². The van der Waals surface area contributed by atoms with Gasteiger partial charge in [0.1, 0.15) is 5.82 Å². The first-order valence-electron chi connectivity index (χ1n) is 6.92. The standard InChI is InChI=1S/C17H18FNO3/c1-12(22-16-6-4-3-5-15(16)21-2)17(20)19-11-13-7-9-14(18)10-8-13/h3-10,12H,11H2,1-2H3,(H,19,20). The monoisotopic (exact) mass is 303 g/mol. The Morgan fingerprint density at radius 3 is 2.41 bits per heavy atom. The number of ether oxygens (including phenoxy) is 2. The molecule has 0 aliphatic rings. The predicted octanol–water partition coefficient (Wildman–Crippen LogP) is 2.92. The Kier molecular flexibility index (Phi) is 5.36. The van der Waals surface area contributed by atoms with E-state index in [-0.39, 0.29) is 11.7 Å². The van der Waals surface area contributed by atoms with Gasteiger partial charge in [0, 0.05) is 6.54 Å². The number of methoxy groups -OCH3 is 1. The zero-order chi connectivity index (χ0) is 15.9. The number of halogens is 1. The topological polar surface area (TPSA) is 47.6 Å². The molecule has 1 atom stereocenters. The largest absolute Gasteiger partial charge is 0.493 e. The molecule has 1 unspecified atom stereocenters. The third-order valence-electron chi connectivity index (χ3n) is 3.12. The van der Waals surface area contributed by atoms with E-state index in [2.05, 4.69) is 5.32 Å². The summed E-state index contributed by atoms with van der Waals surface area (Å²) in [5, 5.41) is 2.75. The first kappa shape index (κ1) is 15.8. The fourth-order valence-corrected chi connectivity index (χ4v) is 1.90. The van der Waals surface area contributed by atoms with Gasteiger partial charge in [-0.15, -0.1) is 0 Å². The number of amides is 1. The van der Waals surface area contributed by atoms with E-state index in [0.717, 1.165) is 5.56 Å². The molecule has 2 aromatic carbocycles. The van der Waals surface area contributed by atoms with Crippen molar-refractivity contribution in [3.8, 4) is 11.5 Å². The van der Waals surface area contributed by atoms with Gasteiger partial charge in [-0.3, -0.25) is 4.79 Å². The van der Waals surface area contributed by atoms with E-state index in [1.54, 1.807) is 44.4 Å². The number of nitrogens with one attached hydrogen (secondary N) is 1. The minimum absolute atomic E-state index is 0.254. The number of hydrogen-bond acceptors (Lipinski definition) is 3. The summed E-state index contributed by atoms with van der Waals surface area (Å²) in [5.41, 5.74) is 0.819. The van der Waals surface area contributed by atoms with Gasteiger partial charge in [0.2, 0.25) is 0 Å².